The molecule has 0 aliphatic heterocycles. The Bertz CT molecular complexity index is 331. The highest BCUT2D eigenvalue weighted by atomic mass is 79.9. The van der Waals surface area contributed by atoms with Crippen LogP contribution in [-0.2, 0) is 0 Å². The molecule has 4 heteroatoms. The molecule has 0 aliphatic rings. The predicted octanol–water partition coefficient (Wildman–Crippen LogP) is 3.25. The molecule has 0 saturated heterocycles. The third-order valence-electron chi connectivity index (χ3n) is 2.35. The molecule has 96 valence electrons. The summed E-state index contributed by atoms with van der Waals surface area (Å²) in [6.07, 6.45) is 4.83. The normalized spacial score (nSPS) is 12.8. The van der Waals surface area contributed by atoms with E-state index in [4.69, 9.17) is 4.74 Å². The van der Waals surface area contributed by atoms with Crippen LogP contribution in [0.1, 0.15) is 27.2 Å². The summed E-state index contributed by atoms with van der Waals surface area (Å²) in [7, 11) is 0. The lowest BCUT2D eigenvalue weighted by Crippen LogP contribution is -2.30. The van der Waals surface area contributed by atoms with Crippen molar-refractivity contribution < 1.29 is 4.74 Å². The Morgan fingerprint density at radius 3 is 2.76 bits per heavy atom. The van der Waals surface area contributed by atoms with Gasteiger partial charge in [-0.15, -0.1) is 0 Å². The molecule has 1 N–H and O–H groups in total. The molecule has 1 aromatic heterocycles. The molecule has 1 atom stereocenters. The first kappa shape index (κ1) is 14.5. The van der Waals surface area contributed by atoms with Crippen LogP contribution in [0, 0.1) is 5.92 Å². The Hall–Kier alpha value is -0.610. The van der Waals surface area contributed by atoms with Crippen molar-refractivity contribution in [2.75, 3.05) is 13.1 Å². The second-order valence-corrected chi connectivity index (χ2v) is 5.57. The number of hydrogen-bond acceptors (Lipinski definition) is 3. The van der Waals surface area contributed by atoms with Crippen LogP contribution in [0.4, 0.5) is 0 Å². The first-order valence-corrected chi connectivity index (χ1v) is 6.85. The zero-order chi connectivity index (χ0) is 12.7. The summed E-state index contributed by atoms with van der Waals surface area (Å²) in [5, 5.41) is 3.39. The third kappa shape index (κ3) is 6.64. The van der Waals surface area contributed by atoms with Gasteiger partial charge in [-0.05, 0) is 47.8 Å². The maximum atomic E-state index is 5.75. The van der Waals surface area contributed by atoms with Crippen molar-refractivity contribution in [1.29, 1.82) is 0 Å². The van der Waals surface area contributed by atoms with Crippen LogP contribution in [0.5, 0.6) is 5.75 Å². The summed E-state index contributed by atoms with van der Waals surface area (Å²) in [6.45, 7) is 8.42. The number of nitrogens with zero attached hydrogens (tertiary/aromatic N) is 1. The van der Waals surface area contributed by atoms with Crippen LogP contribution in [-0.4, -0.2) is 24.2 Å². The monoisotopic (exact) mass is 300 g/mol. The Labute approximate surface area is 112 Å². The van der Waals surface area contributed by atoms with Crippen LogP contribution in [0.3, 0.4) is 0 Å². The lowest BCUT2D eigenvalue weighted by Gasteiger charge is -2.15. The Kier molecular flexibility index (Phi) is 6.52. The van der Waals surface area contributed by atoms with Crippen LogP contribution in [0.15, 0.2) is 22.9 Å². The molecule has 0 radical (unpaired) electrons. The molecule has 0 bridgehead atoms. The minimum Gasteiger partial charge on any atom is -0.488 e. The average Bonchev–Trinajstić information content (AvgIpc) is 2.24. The number of nitrogens with one attached hydrogen (secondary N) is 1. The van der Waals surface area contributed by atoms with Gasteiger partial charge in [-0.3, -0.25) is 4.98 Å². The molecule has 0 aliphatic carbocycles. The summed E-state index contributed by atoms with van der Waals surface area (Å²) in [6, 6.07) is 1.93. The van der Waals surface area contributed by atoms with E-state index < -0.39 is 0 Å². The minimum atomic E-state index is 0.151. The van der Waals surface area contributed by atoms with E-state index in [0.717, 1.165) is 29.2 Å². The van der Waals surface area contributed by atoms with Gasteiger partial charge in [0.05, 0.1) is 6.20 Å². The van der Waals surface area contributed by atoms with Crippen molar-refractivity contribution in [3.05, 3.63) is 22.9 Å². The number of hydrogen-bond donors (Lipinski definition) is 1. The van der Waals surface area contributed by atoms with Gasteiger partial charge in [0.1, 0.15) is 11.9 Å². The van der Waals surface area contributed by atoms with Gasteiger partial charge in [-0.1, -0.05) is 13.8 Å². The van der Waals surface area contributed by atoms with Crippen molar-refractivity contribution >= 4 is 15.9 Å². The summed E-state index contributed by atoms with van der Waals surface area (Å²) >= 11 is 3.37. The van der Waals surface area contributed by atoms with E-state index in [-0.39, 0.29) is 6.10 Å². The van der Waals surface area contributed by atoms with Gasteiger partial charge in [0, 0.05) is 17.2 Å². The summed E-state index contributed by atoms with van der Waals surface area (Å²) < 4.78 is 6.69. The van der Waals surface area contributed by atoms with E-state index in [1.165, 1.54) is 6.42 Å². The van der Waals surface area contributed by atoms with Gasteiger partial charge in [-0.2, -0.15) is 0 Å². The van der Waals surface area contributed by atoms with Gasteiger partial charge < -0.3 is 10.1 Å². The number of halogens is 1. The van der Waals surface area contributed by atoms with Gasteiger partial charge in [0.15, 0.2) is 0 Å². The lowest BCUT2D eigenvalue weighted by atomic mass is 10.1. The van der Waals surface area contributed by atoms with Gasteiger partial charge in [0.2, 0.25) is 0 Å². The molecule has 3 nitrogen and oxygen atoms in total. The Morgan fingerprint density at radius 2 is 2.12 bits per heavy atom. The number of pyridine rings is 1. The number of rotatable bonds is 7. The second kappa shape index (κ2) is 7.67. The molecule has 1 heterocycles. The number of aromatic nitrogens is 1. The third-order valence-corrected chi connectivity index (χ3v) is 2.78. The smallest absolute Gasteiger partial charge is 0.139 e. The lowest BCUT2D eigenvalue weighted by molar-refractivity contribution is 0.215. The highest BCUT2D eigenvalue weighted by molar-refractivity contribution is 9.10. The fraction of sp³-hybridized carbons (Fsp3) is 0.615. The minimum absolute atomic E-state index is 0.151. The summed E-state index contributed by atoms with van der Waals surface area (Å²) in [5.41, 5.74) is 0. The highest BCUT2D eigenvalue weighted by Gasteiger charge is 2.04. The molecular weight excluding hydrogens is 280 g/mol. The standard InChI is InChI=1S/C13H21BrN2O/c1-10(2)4-5-15-7-11(3)17-13-6-12(14)8-16-9-13/h6,8-11,15H,4-5,7H2,1-3H3. The molecule has 1 aromatic rings. The Morgan fingerprint density at radius 1 is 1.35 bits per heavy atom. The van der Waals surface area contributed by atoms with Crippen LogP contribution in [0.2, 0.25) is 0 Å². The molecular formula is C13H21BrN2O. The maximum Gasteiger partial charge on any atom is 0.139 e. The van der Waals surface area contributed by atoms with Crippen LogP contribution < -0.4 is 10.1 Å². The van der Waals surface area contributed by atoms with Crippen LogP contribution >= 0.6 is 15.9 Å². The van der Waals surface area contributed by atoms with Gasteiger partial charge in [-0.25, -0.2) is 0 Å². The van der Waals surface area contributed by atoms with Crippen molar-refractivity contribution in [2.45, 2.75) is 33.3 Å². The first-order chi connectivity index (χ1) is 8.08. The predicted molar refractivity (Wildman–Crippen MR) is 74.4 cm³/mol. The second-order valence-electron chi connectivity index (χ2n) is 4.65. The summed E-state index contributed by atoms with van der Waals surface area (Å²) in [5.74, 6) is 1.55. The summed E-state index contributed by atoms with van der Waals surface area (Å²) in [4.78, 5) is 4.06. The maximum absolute atomic E-state index is 5.75. The van der Waals surface area contributed by atoms with Crippen molar-refractivity contribution in [1.82, 2.24) is 10.3 Å². The van der Waals surface area contributed by atoms with E-state index in [1.54, 1.807) is 12.4 Å². The Balaban J connectivity index is 2.23. The molecule has 0 amide bonds. The van der Waals surface area contributed by atoms with Gasteiger partial charge >= 0.3 is 0 Å². The molecule has 1 rings (SSSR count). The fourth-order valence-electron chi connectivity index (χ4n) is 1.43. The van der Waals surface area contributed by atoms with E-state index in [1.807, 2.05) is 6.07 Å². The average molecular weight is 301 g/mol. The molecule has 1 unspecified atom stereocenters. The quantitative estimate of drug-likeness (QED) is 0.785. The zero-order valence-electron chi connectivity index (χ0n) is 10.7. The van der Waals surface area contributed by atoms with E-state index in [9.17, 15) is 0 Å². The zero-order valence-corrected chi connectivity index (χ0v) is 12.3. The van der Waals surface area contributed by atoms with Crippen molar-refractivity contribution in [3.63, 3.8) is 0 Å². The van der Waals surface area contributed by atoms with Gasteiger partial charge in [0.25, 0.3) is 0 Å². The number of ether oxygens (including phenoxy) is 1. The van der Waals surface area contributed by atoms with E-state index in [2.05, 4.69) is 47.0 Å². The van der Waals surface area contributed by atoms with E-state index in [0.29, 0.717) is 0 Å². The topological polar surface area (TPSA) is 34.1 Å². The van der Waals surface area contributed by atoms with E-state index >= 15 is 0 Å². The van der Waals surface area contributed by atoms with Crippen molar-refractivity contribution in [2.24, 2.45) is 5.92 Å². The molecule has 0 saturated carbocycles. The first-order valence-electron chi connectivity index (χ1n) is 6.06. The molecule has 0 fully saturated rings. The molecule has 0 spiro atoms. The van der Waals surface area contributed by atoms with Crippen LogP contribution in [0.25, 0.3) is 0 Å². The molecule has 17 heavy (non-hydrogen) atoms. The van der Waals surface area contributed by atoms with Crippen molar-refractivity contribution in [3.8, 4) is 5.75 Å². The molecule has 0 aromatic carbocycles. The largest absolute Gasteiger partial charge is 0.488 e. The highest BCUT2D eigenvalue weighted by Crippen LogP contribution is 2.16. The SMILES string of the molecule is CC(C)CCNCC(C)Oc1cncc(Br)c1. The fourth-order valence-corrected chi connectivity index (χ4v) is 1.77.